The molecule has 26 heavy (non-hydrogen) atoms. The van der Waals surface area contributed by atoms with E-state index in [0.717, 1.165) is 30.2 Å². The van der Waals surface area contributed by atoms with E-state index in [1.165, 1.54) is 17.1 Å². The molecule has 2 aromatic rings. The minimum Gasteiger partial charge on any atom is -0.371 e. The molecule has 1 aromatic heterocycles. The monoisotopic (exact) mass is 377 g/mol. The summed E-state index contributed by atoms with van der Waals surface area (Å²) in [5.41, 5.74) is 1.07. The van der Waals surface area contributed by atoms with Gasteiger partial charge in [0.15, 0.2) is 0 Å². The molecule has 0 radical (unpaired) electrons. The van der Waals surface area contributed by atoms with Gasteiger partial charge >= 0.3 is 5.69 Å². The minimum absolute atomic E-state index is 0.0707. The number of amides is 1. The van der Waals surface area contributed by atoms with Crippen LogP contribution in [0.2, 0.25) is 5.02 Å². The van der Waals surface area contributed by atoms with Crippen LogP contribution in [0, 0.1) is 16.0 Å². The fraction of sp³-hybridized carbons (Fsp3) is 0.412. The molecule has 1 atom stereocenters. The first-order valence-electron chi connectivity index (χ1n) is 8.45. The maximum absolute atomic E-state index is 12.0. The lowest BCUT2D eigenvalue weighted by molar-refractivity contribution is -0.385. The van der Waals surface area contributed by atoms with E-state index in [4.69, 9.17) is 11.6 Å². The van der Waals surface area contributed by atoms with Crippen molar-refractivity contribution in [3.05, 3.63) is 51.8 Å². The average Bonchev–Trinajstić information content (AvgIpc) is 3.28. The lowest BCUT2D eigenvalue weighted by atomic mass is 10.1. The van der Waals surface area contributed by atoms with E-state index in [1.54, 1.807) is 0 Å². The highest BCUT2D eigenvalue weighted by Crippen LogP contribution is 2.24. The summed E-state index contributed by atoms with van der Waals surface area (Å²) in [4.78, 5) is 24.4. The first kappa shape index (κ1) is 18.2. The summed E-state index contributed by atoms with van der Waals surface area (Å²) in [5.74, 6) is 0.327. The molecule has 3 rings (SSSR count). The van der Waals surface area contributed by atoms with E-state index in [1.807, 2.05) is 24.3 Å². The zero-order valence-corrected chi connectivity index (χ0v) is 14.9. The number of rotatable bonds is 7. The predicted molar refractivity (Wildman–Crippen MR) is 98.3 cm³/mol. The van der Waals surface area contributed by atoms with Crippen LogP contribution >= 0.6 is 11.6 Å². The van der Waals surface area contributed by atoms with Crippen molar-refractivity contribution >= 4 is 28.9 Å². The zero-order chi connectivity index (χ0) is 18.5. The van der Waals surface area contributed by atoms with Crippen LogP contribution in [0.1, 0.15) is 12.8 Å². The molecular formula is C17H20ClN5O3. The molecule has 0 saturated carbocycles. The van der Waals surface area contributed by atoms with E-state index >= 15 is 0 Å². The number of aromatic nitrogens is 2. The Kier molecular flexibility index (Phi) is 5.72. The Labute approximate surface area is 155 Å². The molecule has 1 N–H and O–H groups in total. The lowest BCUT2D eigenvalue weighted by Crippen LogP contribution is -2.31. The molecular weight excluding hydrogens is 358 g/mol. The van der Waals surface area contributed by atoms with E-state index < -0.39 is 4.92 Å². The van der Waals surface area contributed by atoms with Crippen LogP contribution in [-0.2, 0) is 11.3 Å². The average molecular weight is 378 g/mol. The van der Waals surface area contributed by atoms with Crippen LogP contribution in [0.3, 0.4) is 0 Å². The molecule has 1 unspecified atom stereocenters. The van der Waals surface area contributed by atoms with Gasteiger partial charge in [-0.25, -0.2) is 0 Å². The molecule has 1 aliphatic heterocycles. The largest absolute Gasteiger partial charge is 0.371 e. The van der Waals surface area contributed by atoms with Crippen LogP contribution in [0.15, 0.2) is 36.7 Å². The van der Waals surface area contributed by atoms with Crippen molar-refractivity contribution in [1.82, 2.24) is 15.1 Å². The van der Waals surface area contributed by atoms with Gasteiger partial charge in [-0.15, -0.1) is 0 Å². The van der Waals surface area contributed by atoms with Crippen LogP contribution in [0.5, 0.6) is 0 Å². The molecule has 0 spiro atoms. The van der Waals surface area contributed by atoms with Crippen LogP contribution < -0.4 is 10.2 Å². The highest BCUT2D eigenvalue weighted by molar-refractivity contribution is 6.30. The number of aryl methyl sites for hydroxylation is 1. The van der Waals surface area contributed by atoms with Crippen molar-refractivity contribution in [3.8, 4) is 0 Å². The molecule has 138 valence electrons. The van der Waals surface area contributed by atoms with E-state index in [2.05, 4.69) is 15.3 Å². The maximum atomic E-state index is 12.0. The smallest absolute Gasteiger partial charge is 0.306 e. The number of nitrogens with one attached hydrogen (secondary N) is 1. The van der Waals surface area contributed by atoms with E-state index in [0.29, 0.717) is 19.0 Å². The summed E-state index contributed by atoms with van der Waals surface area (Å²) >= 11 is 5.92. The van der Waals surface area contributed by atoms with Gasteiger partial charge in [0.05, 0.1) is 4.92 Å². The van der Waals surface area contributed by atoms with Gasteiger partial charge in [-0.3, -0.25) is 19.6 Å². The van der Waals surface area contributed by atoms with E-state index in [-0.39, 0.29) is 18.0 Å². The zero-order valence-electron chi connectivity index (χ0n) is 14.2. The number of carbonyl (C=O) groups excluding carboxylic acids is 1. The first-order chi connectivity index (χ1) is 12.5. The Hall–Kier alpha value is -2.61. The Morgan fingerprint density at radius 1 is 1.38 bits per heavy atom. The van der Waals surface area contributed by atoms with Gasteiger partial charge in [0.25, 0.3) is 0 Å². The maximum Gasteiger partial charge on any atom is 0.306 e. The molecule has 0 bridgehead atoms. The summed E-state index contributed by atoms with van der Waals surface area (Å²) in [7, 11) is 0. The second kappa shape index (κ2) is 8.18. The molecule has 1 fully saturated rings. The number of nitro groups is 1. The lowest BCUT2D eigenvalue weighted by Gasteiger charge is -2.19. The number of hydrogen-bond acceptors (Lipinski definition) is 5. The first-order valence-corrected chi connectivity index (χ1v) is 8.83. The summed E-state index contributed by atoms with van der Waals surface area (Å²) in [5, 5.41) is 18.2. The Bertz CT molecular complexity index is 777. The molecule has 8 nitrogen and oxygen atoms in total. The molecule has 1 amide bonds. The van der Waals surface area contributed by atoms with Crippen molar-refractivity contribution in [1.29, 1.82) is 0 Å². The topological polar surface area (TPSA) is 93.3 Å². The second-order valence-corrected chi connectivity index (χ2v) is 6.79. The number of carbonyl (C=O) groups is 1. The Morgan fingerprint density at radius 3 is 2.85 bits per heavy atom. The highest BCUT2D eigenvalue weighted by Gasteiger charge is 2.23. The van der Waals surface area contributed by atoms with Gasteiger partial charge in [-0.2, -0.15) is 5.10 Å². The number of nitrogens with zero attached hydrogens (tertiary/aromatic N) is 4. The number of anilines is 1. The highest BCUT2D eigenvalue weighted by atomic mass is 35.5. The van der Waals surface area contributed by atoms with Crippen molar-refractivity contribution in [2.75, 3.05) is 24.5 Å². The summed E-state index contributed by atoms with van der Waals surface area (Å²) in [6.45, 7) is 2.80. The van der Waals surface area contributed by atoms with Crippen LogP contribution in [0.4, 0.5) is 11.4 Å². The number of benzene rings is 1. The van der Waals surface area contributed by atoms with Crippen molar-refractivity contribution in [3.63, 3.8) is 0 Å². The number of hydrogen-bond donors (Lipinski definition) is 1. The molecule has 9 heteroatoms. The summed E-state index contributed by atoms with van der Waals surface area (Å²) in [6.07, 6.45) is 3.77. The minimum atomic E-state index is -0.504. The fourth-order valence-corrected chi connectivity index (χ4v) is 3.14. The van der Waals surface area contributed by atoms with E-state index in [9.17, 15) is 14.9 Å². The Morgan fingerprint density at radius 2 is 2.15 bits per heavy atom. The van der Waals surface area contributed by atoms with Crippen molar-refractivity contribution in [2.24, 2.45) is 5.92 Å². The quantitative estimate of drug-likeness (QED) is 0.591. The molecule has 1 aromatic carbocycles. The third-order valence-corrected chi connectivity index (χ3v) is 4.72. The van der Waals surface area contributed by atoms with Crippen molar-refractivity contribution in [2.45, 2.75) is 19.4 Å². The molecule has 1 saturated heterocycles. The van der Waals surface area contributed by atoms with Crippen molar-refractivity contribution < 1.29 is 9.72 Å². The third kappa shape index (κ3) is 4.72. The van der Waals surface area contributed by atoms with Gasteiger partial charge in [0.2, 0.25) is 5.91 Å². The van der Waals surface area contributed by atoms with Gasteiger partial charge in [-0.05, 0) is 36.6 Å². The van der Waals surface area contributed by atoms with Crippen LogP contribution in [-0.4, -0.2) is 40.2 Å². The summed E-state index contributed by atoms with van der Waals surface area (Å²) in [6, 6.07) is 7.77. The van der Waals surface area contributed by atoms with Gasteiger partial charge in [-0.1, -0.05) is 11.6 Å². The molecule has 0 aliphatic carbocycles. The standard InChI is InChI=1S/C17H20ClN5O3/c18-14-1-3-15(4-2-14)21-7-5-13(11-21)9-19-17(24)6-8-22-12-16(10-20-22)23(25)26/h1-4,10,12-13H,5-9,11H2,(H,19,24). The summed E-state index contributed by atoms with van der Waals surface area (Å²) < 4.78 is 1.41. The third-order valence-electron chi connectivity index (χ3n) is 4.46. The Balaban J connectivity index is 1.39. The van der Waals surface area contributed by atoms with Gasteiger partial charge in [0, 0.05) is 43.3 Å². The van der Waals surface area contributed by atoms with Gasteiger partial charge in [0.1, 0.15) is 12.4 Å². The fourth-order valence-electron chi connectivity index (χ4n) is 3.02. The molecule has 1 aliphatic rings. The normalized spacial score (nSPS) is 16.7. The molecule has 2 heterocycles. The van der Waals surface area contributed by atoms with Gasteiger partial charge < -0.3 is 10.2 Å². The SMILES string of the molecule is O=C(CCn1cc([N+](=O)[O-])cn1)NCC1CCN(c2ccc(Cl)cc2)C1. The number of halogens is 1. The van der Waals surface area contributed by atoms with Crippen LogP contribution in [0.25, 0.3) is 0 Å². The predicted octanol–water partition coefficient (Wildman–Crippen LogP) is 2.48. The second-order valence-electron chi connectivity index (χ2n) is 6.35.